The first-order valence-corrected chi connectivity index (χ1v) is 5.76. The van der Waals surface area contributed by atoms with E-state index in [1.165, 1.54) is 0 Å². The molecule has 0 radical (unpaired) electrons. The van der Waals surface area contributed by atoms with Gasteiger partial charge in [-0.05, 0) is 43.4 Å². The molecule has 0 aromatic heterocycles. The summed E-state index contributed by atoms with van der Waals surface area (Å²) in [5.74, 6) is 0. The van der Waals surface area contributed by atoms with Crippen LogP contribution in [0.1, 0.15) is 6.92 Å². The van der Waals surface area contributed by atoms with Gasteiger partial charge in [-0.25, -0.2) is 0 Å². The molecule has 0 spiro atoms. The van der Waals surface area contributed by atoms with Crippen LogP contribution >= 0.6 is 28.1 Å². The highest BCUT2D eigenvalue weighted by Gasteiger charge is 1.99. The minimum Gasteiger partial charge on any atom is -0.392 e. The topological polar surface area (TPSA) is 44.3 Å². The van der Waals surface area contributed by atoms with Gasteiger partial charge in [0.15, 0.2) is 5.11 Å². The lowest BCUT2D eigenvalue weighted by molar-refractivity contribution is 0.198. The largest absolute Gasteiger partial charge is 0.392 e. The molecule has 0 saturated heterocycles. The number of halogens is 1. The summed E-state index contributed by atoms with van der Waals surface area (Å²) in [6, 6.07) is 7.69. The molecule has 1 rings (SSSR count). The number of rotatable bonds is 3. The van der Waals surface area contributed by atoms with Crippen LogP contribution in [0.25, 0.3) is 0 Å². The first kappa shape index (κ1) is 12.4. The molecule has 15 heavy (non-hydrogen) atoms. The van der Waals surface area contributed by atoms with Crippen LogP contribution in [0.3, 0.4) is 0 Å². The van der Waals surface area contributed by atoms with Crippen molar-refractivity contribution in [2.75, 3.05) is 11.9 Å². The average Bonchev–Trinajstić information content (AvgIpc) is 2.19. The maximum absolute atomic E-state index is 9.05. The summed E-state index contributed by atoms with van der Waals surface area (Å²) in [6.07, 6.45) is -0.408. The monoisotopic (exact) mass is 288 g/mol. The molecule has 0 fully saturated rings. The van der Waals surface area contributed by atoms with E-state index in [0.29, 0.717) is 11.7 Å². The summed E-state index contributed by atoms with van der Waals surface area (Å²) < 4.78 is 1.02. The van der Waals surface area contributed by atoms with Crippen LogP contribution in [0, 0.1) is 0 Å². The normalized spacial score (nSPS) is 11.9. The van der Waals surface area contributed by atoms with E-state index >= 15 is 0 Å². The van der Waals surface area contributed by atoms with E-state index in [-0.39, 0.29) is 0 Å². The van der Waals surface area contributed by atoms with Crippen LogP contribution in [-0.4, -0.2) is 22.9 Å². The lowest BCUT2D eigenvalue weighted by Gasteiger charge is -2.11. The summed E-state index contributed by atoms with van der Waals surface area (Å²) in [4.78, 5) is 0. The molecule has 0 saturated carbocycles. The maximum atomic E-state index is 9.05. The number of aliphatic hydroxyl groups excluding tert-OH is 1. The molecule has 1 aromatic carbocycles. The molecule has 0 aliphatic heterocycles. The maximum Gasteiger partial charge on any atom is 0.170 e. The molecule has 1 atom stereocenters. The van der Waals surface area contributed by atoms with E-state index in [0.717, 1.165) is 10.2 Å². The Labute approximate surface area is 103 Å². The van der Waals surface area contributed by atoms with E-state index in [2.05, 4.69) is 26.6 Å². The van der Waals surface area contributed by atoms with Crippen molar-refractivity contribution in [2.24, 2.45) is 0 Å². The van der Waals surface area contributed by atoms with Gasteiger partial charge in [-0.3, -0.25) is 0 Å². The molecule has 0 heterocycles. The Morgan fingerprint density at radius 2 is 2.07 bits per heavy atom. The molecule has 0 amide bonds. The molecule has 1 aromatic rings. The standard InChI is InChI=1S/C10H13BrN2OS/c1-7(14)6-12-10(15)13-9-4-2-8(11)3-5-9/h2-5,7,14H,6H2,1H3,(H2,12,13,15). The van der Waals surface area contributed by atoms with Crippen LogP contribution < -0.4 is 10.6 Å². The van der Waals surface area contributed by atoms with Gasteiger partial charge in [-0.15, -0.1) is 0 Å². The molecule has 5 heteroatoms. The van der Waals surface area contributed by atoms with Crippen LogP contribution in [0.2, 0.25) is 0 Å². The van der Waals surface area contributed by atoms with Gasteiger partial charge in [0.05, 0.1) is 6.10 Å². The molecule has 0 bridgehead atoms. The van der Waals surface area contributed by atoms with Crippen molar-refractivity contribution in [3.8, 4) is 0 Å². The number of aliphatic hydroxyl groups is 1. The van der Waals surface area contributed by atoms with Crippen LogP contribution in [0.5, 0.6) is 0 Å². The van der Waals surface area contributed by atoms with Crippen molar-refractivity contribution in [3.05, 3.63) is 28.7 Å². The molecule has 82 valence electrons. The van der Waals surface area contributed by atoms with Crippen molar-refractivity contribution in [2.45, 2.75) is 13.0 Å². The quantitative estimate of drug-likeness (QED) is 0.746. The fourth-order valence-electron chi connectivity index (χ4n) is 0.949. The summed E-state index contributed by atoms with van der Waals surface area (Å²) >= 11 is 8.39. The molecule has 0 aliphatic rings. The zero-order chi connectivity index (χ0) is 11.3. The average molecular weight is 289 g/mol. The second-order valence-electron chi connectivity index (χ2n) is 3.19. The van der Waals surface area contributed by atoms with Crippen molar-refractivity contribution in [1.82, 2.24) is 5.32 Å². The Kier molecular flexibility index (Phi) is 5.01. The predicted octanol–water partition coefficient (Wildman–Crippen LogP) is 2.12. The first-order valence-electron chi connectivity index (χ1n) is 4.56. The van der Waals surface area contributed by atoms with Gasteiger partial charge in [-0.2, -0.15) is 0 Å². The third kappa shape index (κ3) is 5.11. The lowest BCUT2D eigenvalue weighted by Crippen LogP contribution is -2.33. The SMILES string of the molecule is CC(O)CNC(=S)Nc1ccc(Br)cc1. The Morgan fingerprint density at radius 3 is 2.60 bits per heavy atom. The number of anilines is 1. The molecular weight excluding hydrogens is 276 g/mol. The highest BCUT2D eigenvalue weighted by Crippen LogP contribution is 2.13. The second kappa shape index (κ2) is 6.05. The van der Waals surface area contributed by atoms with E-state index in [1.54, 1.807) is 6.92 Å². The number of thiocarbonyl (C=S) groups is 1. The fraction of sp³-hybridized carbons (Fsp3) is 0.300. The summed E-state index contributed by atoms with van der Waals surface area (Å²) in [5, 5.41) is 15.5. The number of hydrogen-bond acceptors (Lipinski definition) is 2. The Bertz CT molecular complexity index is 327. The van der Waals surface area contributed by atoms with E-state index in [9.17, 15) is 0 Å². The van der Waals surface area contributed by atoms with Gasteiger partial charge in [0, 0.05) is 16.7 Å². The molecule has 3 N–H and O–H groups in total. The van der Waals surface area contributed by atoms with Gasteiger partial charge in [0.2, 0.25) is 0 Å². The van der Waals surface area contributed by atoms with Crippen LogP contribution in [-0.2, 0) is 0 Å². The number of nitrogens with one attached hydrogen (secondary N) is 2. The van der Waals surface area contributed by atoms with Crippen LogP contribution in [0.15, 0.2) is 28.7 Å². The van der Waals surface area contributed by atoms with Gasteiger partial charge >= 0.3 is 0 Å². The summed E-state index contributed by atoms with van der Waals surface area (Å²) in [6.45, 7) is 2.15. The van der Waals surface area contributed by atoms with Gasteiger partial charge < -0.3 is 15.7 Å². The minimum atomic E-state index is -0.408. The number of benzene rings is 1. The highest BCUT2D eigenvalue weighted by molar-refractivity contribution is 9.10. The first-order chi connectivity index (χ1) is 7.08. The third-order valence-corrected chi connectivity index (χ3v) is 2.44. The smallest absolute Gasteiger partial charge is 0.170 e. The minimum absolute atomic E-state index is 0.408. The zero-order valence-corrected chi connectivity index (χ0v) is 10.7. The van der Waals surface area contributed by atoms with Crippen LogP contribution in [0.4, 0.5) is 5.69 Å². The van der Waals surface area contributed by atoms with E-state index in [1.807, 2.05) is 24.3 Å². The predicted molar refractivity (Wildman–Crippen MR) is 70.0 cm³/mol. The van der Waals surface area contributed by atoms with Crippen molar-refractivity contribution in [3.63, 3.8) is 0 Å². The van der Waals surface area contributed by atoms with Gasteiger partial charge in [-0.1, -0.05) is 15.9 Å². The second-order valence-corrected chi connectivity index (χ2v) is 4.51. The summed E-state index contributed by atoms with van der Waals surface area (Å²) in [5.41, 5.74) is 0.918. The Morgan fingerprint density at radius 1 is 1.47 bits per heavy atom. The number of hydrogen-bond donors (Lipinski definition) is 3. The van der Waals surface area contributed by atoms with Gasteiger partial charge in [0.25, 0.3) is 0 Å². The van der Waals surface area contributed by atoms with Crippen molar-refractivity contribution >= 4 is 38.9 Å². The Hall–Kier alpha value is -0.650. The van der Waals surface area contributed by atoms with Gasteiger partial charge in [0.1, 0.15) is 0 Å². The summed E-state index contributed by atoms with van der Waals surface area (Å²) in [7, 11) is 0. The molecule has 1 unspecified atom stereocenters. The Balaban J connectivity index is 2.41. The third-order valence-electron chi connectivity index (χ3n) is 1.66. The zero-order valence-electron chi connectivity index (χ0n) is 8.33. The van der Waals surface area contributed by atoms with Crippen molar-refractivity contribution < 1.29 is 5.11 Å². The lowest BCUT2D eigenvalue weighted by atomic mass is 10.3. The van der Waals surface area contributed by atoms with Crippen molar-refractivity contribution in [1.29, 1.82) is 0 Å². The van der Waals surface area contributed by atoms with E-state index in [4.69, 9.17) is 17.3 Å². The van der Waals surface area contributed by atoms with E-state index < -0.39 is 6.10 Å². The fourth-order valence-corrected chi connectivity index (χ4v) is 1.41. The molecular formula is C10H13BrN2OS. The molecule has 3 nitrogen and oxygen atoms in total. The highest BCUT2D eigenvalue weighted by atomic mass is 79.9. The molecule has 0 aliphatic carbocycles.